The summed E-state index contributed by atoms with van der Waals surface area (Å²) >= 11 is 0. The maximum absolute atomic E-state index is 11.4. The first-order valence-electron chi connectivity index (χ1n) is 9.72. The molecule has 28 heavy (non-hydrogen) atoms. The van der Waals surface area contributed by atoms with Gasteiger partial charge in [-0.3, -0.25) is 4.90 Å². The Kier molecular flexibility index (Phi) is 5.26. The number of nitrogens with zero attached hydrogens (tertiary/aromatic N) is 3. The molecule has 0 radical (unpaired) electrons. The summed E-state index contributed by atoms with van der Waals surface area (Å²) in [6, 6.07) is 15.4. The highest BCUT2D eigenvalue weighted by atomic mass is 16.4. The van der Waals surface area contributed by atoms with Crippen LogP contribution in [0, 0.1) is 0 Å². The lowest BCUT2D eigenvalue weighted by Crippen LogP contribution is -2.32. The van der Waals surface area contributed by atoms with Crippen LogP contribution >= 0.6 is 0 Å². The predicted octanol–water partition coefficient (Wildman–Crippen LogP) is 4.16. The molecule has 1 fully saturated rings. The highest BCUT2D eigenvalue weighted by Gasteiger charge is 2.22. The summed E-state index contributed by atoms with van der Waals surface area (Å²) in [7, 11) is 2.07. The Balaban J connectivity index is 1.39. The molecule has 0 spiro atoms. The van der Waals surface area contributed by atoms with E-state index in [4.69, 9.17) is 0 Å². The molecule has 3 aromatic rings. The fourth-order valence-electron chi connectivity index (χ4n) is 4.12. The summed E-state index contributed by atoms with van der Waals surface area (Å²) in [6.45, 7) is 3.10. The van der Waals surface area contributed by atoms with Crippen molar-refractivity contribution in [3.63, 3.8) is 0 Å². The molecule has 5 nitrogen and oxygen atoms in total. The lowest BCUT2D eigenvalue weighted by Gasteiger charge is -2.32. The van der Waals surface area contributed by atoms with Crippen LogP contribution in [0.15, 0.2) is 61.1 Å². The Morgan fingerprint density at radius 1 is 1.11 bits per heavy atom. The van der Waals surface area contributed by atoms with Gasteiger partial charge < -0.3 is 9.67 Å². The van der Waals surface area contributed by atoms with Crippen LogP contribution in [0.1, 0.15) is 40.4 Å². The van der Waals surface area contributed by atoms with E-state index in [2.05, 4.69) is 33.6 Å². The molecule has 1 aromatic heterocycles. The molecule has 1 N–H and O–H groups in total. The number of hydrogen-bond donors (Lipinski definition) is 1. The highest BCUT2D eigenvalue weighted by Crippen LogP contribution is 2.29. The SMILES string of the molecule is Cn1cncc1C1CCN(Cc2ccc(-c3ccccc3C(=O)O)cc2)CC1. The predicted molar refractivity (Wildman–Crippen MR) is 109 cm³/mol. The van der Waals surface area contributed by atoms with E-state index < -0.39 is 5.97 Å². The topological polar surface area (TPSA) is 58.4 Å². The molecule has 1 aliphatic rings. The lowest BCUT2D eigenvalue weighted by molar-refractivity contribution is 0.0697. The molecular formula is C23H25N3O2. The van der Waals surface area contributed by atoms with E-state index in [0.717, 1.165) is 43.6 Å². The number of aryl methyl sites for hydroxylation is 1. The zero-order chi connectivity index (χ0) is 19.5. The van der Waals surface area contributed by atoms with E-state index in [9.17, 15) is 9.90 Å². The average Bonchev–Trinajstić information content (AvgIpc) is 3.15. The third-order valence-electron chi connectivity index (χ3n) is 5.69. The van der Waals surface area contributed by atoms with Crippen LogP contribution < -0.4 is 0 Å². The fourth-order valence-corrected chi connectivity index (χ4v) is 4.12. The number of aromatic carboxylic acids is 1. The molecule has 0 atom stereocenters. The lowest BCUT2D eigenvalue weighted by atomic mass is 9.93. The molecule has 0 bridgehead atoms. The van der Waals surface area contributed by atoms with Crippen molar-refractivity contribution in [2.45, 2.75) is 25.3 Å². The number of carboxylic acids is 1. The Hall–Kier alpha value is -2.92. The number of hydrogen-bond acceptors (Lipinski definition) is 3. The number of rotatable bonds is 5. The van der Waals surface area contributed by atoms with Gasteiger partial charge in [0.05, 0.1) is 11.9 Å². The zero-order valence-electron chi connectivity index (χ0n) is 16.1. The van der Waals surface area contributed by atoms with Gasteiger partial charge in [-0.25, -0.2) is 9.78 Å². The zero-order valence-corrected chi connectivity index (χ0v) is 16.1. The number of imidazole rings is 1. The second kappa shape index (κ2) is 7.98. The Morgan fingerprint density at radius 3 is 2.46 bits per heavy atom. The number of piperidine rings is 1. The molecule has 1 aliphatic heterocycles. The molecule has 2 heterocycles. The summed E-state index contributed by atoms with van der Waals surface area (Å²) in [5.41, 5.74) is 4.64. The van der Waals surface area contributed by atoms with Crippen LogP contribution in [0.2, 0.25) is 0 Å². The molecule has 1 saturated heterocycles. The number of aromatic nitrogens is 2. The Labute approximate surface area is 165 Å². The molecular weight excluding hydrogens is 350 g/mol. The smallest absolute Gasteiger partial charge is 0.336 e. The van der Waals surface area contributed by atoms with Gasteiger partial charge in [0, 0.05) is 31.4 Å². The molecule has 2 aromatic carbocycles. The Bertz CT molecular complexity index is 954. The van der Waals surface area contributed by atoms with Crippen LogP contribution in [0.5, 0.6) is 0 Å². The molecule has 144 valence electrons. The summed E-state index contributed by atoms with van der Waals surface area (Å²) in [4.78, 5) is 18.2. The normalized spacial score (nSPS) is 15.6. The van der Waals surface area contributed by atoms with Crippen molar-refractivity contribution < 1.29 is 9.90 Å². The third-order valence-corrected chi connectivity index (χ3v) is 5.69. The van der Waals surface area contributed by atoms with E-state index in [1.54, 1.807) is 12.1 Å². The second-order valence-corrected chi connectivity index (χ2v) is 7.53. The minimum absolute atomic E-state index is 0.340. The van der Waals surface area contributed by atoms with E-state index in [-0.39, 0.29) is 0 Å². The highest BCUT2D eigenvalue weighted by molar-refractivity contribution is 5.95. The number of carboxylic acid groups (broad SMARTS) is 1. The van der Waals surface area contributed by atoms with E-state index in [1.807, 2.05) is 36.8 Å². The van der Waals surface area contributed by atoms with Gasteiger partial charge in [-0.15, -0.1) is 0 Å². The molecule has 4 rings (SSSR count). The van der Waals surface area contributed by atoms with Crippen molar-refractivity contribution in [3.8, 4) is 11.1 Å². The number of carbonyl (C=O) groups is 1. The first-order chi connectivity index (χ1) is 13.6. The van der Waals surface area contributed by atoms with Crippen molar-refractivity contribution in [3.05, 3.63) is 77.9 Å². The monoisotopic (exact) mass is 375 g/mol. The molecule has 0 saturated carbocycles. The van der Waals surface area contributed by atoms with Crippen LogP contribution in [0.3, 0.4) is 0 Å². The molecule has 0 unspecified atom stereocenters. The van der Waals surface area contributed by atoms with Crippen molar-refractivity contribution in [1.29, 1.82) is 0 Å². The van der Waals surface area contributed by atoms with Gasteiger partial charge in [-0.1, -0.05) is 42.5 Å². The van der Waals surface area contributed by atoms with Crippen molar-refractivity contribution in [2.75, 3.05) is 13.1 Å². The van der Waals surface area contributed by atoms with Gasteiger partial charge in [-0.2, -0.15) is 0 Å². The Morgan fingerprint density at radius 2 is 1.82 bits per heavy atom. The van der Waals surface area contributed by atoms with Crippen LogP contribution in [0.25, 0.3) is 11.1 Å². The van der Waals surface area contributed by atoms with Gasteiger partial charge in [0.1, 0.15) is 0 Å². The van der Waals surface area contributed by atoms with Gasteiger partial charge in [0.15, 0.2) is 0 Å². The van der Waals surface area contributed by atoms with Crippen LogP contribution in [0.4, 0.5) is 0 Å². The minimum Gasteiger partial charge on any atom is -0.478 e. The van der Waals surface area contributed by atoms with Crippen molar-refractivity contribution >= 4 is 5.97 Å². The fraction of sp³-hybridized carbons (Fsp3) is 0.304. The first-order valence-corrected chi connectivity index (χ1v) is 9.72. The van der Waals surface area contributed by atoms with Gasteiger partial charge in [0.2, 0.25) is 0 Å². The molecule has 5 heteroatoms. The summed E-state index contributed by atoms with van der Waals surface area (Å²) in [5.74, 6) is -0.297. The number of benzene rings is 2. The largest absolute Gasteiger partial charge is 0.478 e. The van der Waals surface area contributed by atoms with Crippen molar-refractivity contribution in [1.82, 2.24) is 14.5 Å². The van der Waals surface area contributed by atoms with Crippen LogP contribution in [-0.2, 0) is 13.6 Å². The van der Waals surface area contributed by atoms with Crippen LogP contribution in [-0.4, -0.2) is 38.6 Å². The third kappa shape index (κ3) is 3.85. The maximum Gasteiger partial charge on any atom is 0.336 e. The summed E-state index contributed by atoms with van der Waals surface area (Å²) in [6.07, 6.45) is 6.19. The molecule has 0 amide bonds. The summed E-state index contributed by atoms with van der Waals surface area (Å²) < 4.78 is 2.13. The minimum atomic E-state index is -0.893. The van der Waals surface area contributed by atoms with E-state index in [0.29, 0.717) is 11.5 Å². The van der Waals surface area contributed by atoms with Crippen molar-refractivity contribution in [2.24, 2.45) is 7.05 Å². The van der Waals surface area contributed by atoms with Gasteiger partial charge >= 0.3 is 5.97 Å². The van der Waals surface area contributed by atoms with E-state index in [1.165, 1.54) is 11.3 Å². The van der Waals surface area contributed by atoms with Gasteiger partial charge in [0.25, 0.3) is 0 Å². The second-order valence-electron chi connectivity index (χ2n) is 7.53. The maximum atomic E-state index is 11.4. The standard InChI is InChI=1S/C23H25N3O2/c1-25-16-24-14-22(25)19-10-12-26(13-11-19)15-17-6-8-18(9-7-17)20-4-2-3-5-21(20)23(27)28/h2-9,14,16,19H,10-13,15H2,1H3,(H,27,28). The first kappa shape index (κ1) is 18.4. The quantitative estimate of drug-likeness (QED) is 0.727. The average molecular weight is 375 g/mol. The number of likely N-dealkylation sites (tertiary alicyclic amines) is 1. The molecule has 0 aliphatic carbocycles. The van der Waals surface area contributed by atoms with Gasteiger partial charge in [-0.05, 0) is 48.7 Å². The van der Waals surface area contributed by atoms with E-state index >= 15 is 0 Å². The summed E-state index contributed by atoms with van der Waals surface area (Å²) in [5, 5.41) is 9.39.